The van der Waals surface area contributed by atoms with E-state index in [0.717, 1.165) is 54.5 Å². The van der Waals surface area contributed by atoms with Crippen molar-refractivity contribution in [2.24, 2.45) is 4.99 Å². The average Bonchev–Trinajstić information content (AvgIpc) is 3.64. The smallest absolute Gasteiger partial charge is 0.406 e. The van der Waals surface area contributed by atoms with E-state index in [1.54, 1.807) is 4.90 Å². The van der Waals surface area contributed by atoms with Crippen LogP contribution in [-0.4, -0.2) is 50.5 Å². The number of para-hydroxylation sites is 1. The summed E-state index contributed by atoms with van der Waals surface area (Å²) in [5.74, 6) is 0.323. The number of thioether (sulfide) groups is 1. The van der Waals surface area contributed by atoms with E-state index in [0.29, 0.717) is 23.2 Å². The number of aliphatic imine (C=N–C) groups is 1. The zero-order valence-corrected chi connectivity index (χ0v) is 25.3. The SMILES string of the molecule is CCCc1ccccc1N1C(=O)CS/C1=N\C(=O)NCCCCc1cccc(-c2ncn(-c3ccc(OC(F)(F)F)cc3)n2)c1. The molecule has 0 atom stereocenters. The lowest BCUT2D eigenvalue weighted by Crippen LogP contribution is -2.32. The van der Waals surface area contributed by atoms with Crippen LogP contribution >= 0.6 is 11.8 Å². The number of rotatable bonds is 11. The lowest BCUT2D eigenvalue weighted by molar-refractivity contribution is -0.274. The molecule has 2 heterocycles. The van der Waals surface area contributed by atoms with E-state index in [9.17, 15) is 22.8 Å². The van der Waals surface area contributed by atoms with Gasteiger partial charge in [-0.1, -0.05) is 61.5 Å². The van der Waals surface area contributed by atoms with Gasteiger partial charge in [-0.15, -0.1) is 18.3 Å². The highest BCUT2D eigenvalue weighted by Crippen LogP contribution is 2.30. The Morgan fingerprint density at radius 1 is 1.04 bits per heavy atom. The molecule has 1 aromatic heterocycles. The number of unbranched alkanes of at least 4 members (excludes halogenated alkanes) is 1. The zero-order chi connectivity index (χ0) is 31.8. The molecule has 1 aliphatic heterocycles. The summed E-state index contributed by atoms with van der Waals surface area (Å²) in [6, 6.07) is 20.4. The van der Waals surface area contributed by atoms with Crippen molar-refractivity contribution in [3.05, 3.63) is 90.3 Å². The second-order valence-corrected chi connectivity index (χ2v) is 11.2. The van der Waals surface area contributed by atoms with Crippen molar-refractivity contribution >= 4 is 34.6 Å². The number of hydrogen-bond donors (Lipinski definition) is 1. The Morgan fingerprint density at radius 3 is 2.62 bits per heavy atom. The number of aryl methyl sites for hydroxylation is 2. The van der Waals surface area contributed by atoms with Gasteiger partial charge in [-0.2, -0.15) is 4.99 Å². The number of alkyl halides is 3. The number of amidine groups is 1. The first-order valence-corrected chi connectivity index (χ1v) is 15.5. The first-order chi connectivity index (χ1) is 21.7. The van der Waals surface area contributed by atoms with E-state index < -0.39 is 12.4 Å². The highest BCUT2D eigenvalue weighted by Gasteiger charge is 2.32. The number of halogens is 3. The van der Waals surface area contributed by atoms with Gasteiger partial charge in [0, 0.05) is 12.1 Å². The maximum atomic E-state index is 12.6. The van der Waals surface area contributed by atoms with Crippen molar-refractivity contribution in [2.45, 2.75) is 45.4 Å². The van der Waals surface area contributed by atoms with Crippen LogP contribution in [0.5, 0.6) is 5.75 Å². The maximum absolute atomic E-state index is 12.6. The van der Waals surface area contributed by atoms with Crippen LogP contribution in [0.3, 0.4) is 0 Å². The predicted molar refractivity (Wildman–Crippen MR) is 168 cm³/mol. The topological polar surface area (TPSA) is 102 Å². The van der Waals surface area contributed by atoms with Crippen LogP contribution < -0.4 is 15.0 Å². The number of carbonyl (C=O) groups is 2. The van der Waals surface area contributed by atoms with Gasteiger partial charge in [0.05, 0.1) is 17.1 Å². The summed E-state index contributed by atoms with van der Waals surface area (Å²) in [6.45, 7) is 2.52. The molecule has 5 rings (SSSR count). The summed E-state index contributed by atoms with van der Waals surface area (Å²) in [5, 5.41) is 7.69. The van der Waals surface area contributed by atoms with Crippen molar-refractivity contribution < 1.29 is 27.5 Å². The number of anilines is 1. The molecule has 0 spiro atoms. The lowest BCUT2D eigenvalue weighted by Gasteiger charge is -2.19. The van der Waals surface area contributed by atoms with Gasteiger partial charge >= 0.3 is 12.4 Å². The van der Waals surface area contributed by atoms with Crippen molar-refractivity contribution in [1.82, 2.24) is 20.1 Å². The summed E-state index contributed by atoms with van der Waals surface area (Å²) in [6.07, 6.45) is 0.832. The van der Waals surface area contributed by atoms with Crippen LogP contribution in [0.4, 0.5) is 23.7 Å². The van der Waals surface area contributed by atoms with Crippen LogP contribution in [0, 0.1) is 0 Å². The Bertz CT molecular complexity index is 1670. The maximum Gasteiger partial charge on any atom is 0.573 e. The molecule has 234 valence electrons. The molecule has 9 nitrogen and oxygen atoms in total. The molecule has 3 aromatic carbocycles. The molecule has 1 saturated heterocycles. The minimum absolute atomic E-state index is 0.0899. The molecule has 3 amide bonds. The predicted octanol–water partition coefficient (Wildman–Crippen LogP) is 6.95. The first kappa shape index (κ1) is 31.8. The van der Waals surface area contributed by atoms with E-state index in [1.165, 1.54) is 47.0 Å². The van der Waals surface area contributed by atoms with Gasteiger partial charge in [-0.3, -0.25) is 9.69 Å². The number of nitrogens with one attached hydrogen (secondary N) is 1. The quantitative estimate of drug-likeness (QED) is 0.179. The summed E-state index contributed by atoms with van der Waals surface area (Å²) in [5.41, 5.74) is 4.25. The molecule has 1 fully saturated rings. The van der Waals surface area contributed by atoms with Crippen molar-refractivity contribution in [1.29, 1.82) is 0 Å². The summed E-state index contributed by atoms with van der Waals surface area (Å²) in [7, 11) is 0. The molecule has 0 aliphatic carbocycles. The Labute approximate surface area is 262 Å². The number of benzene rings is 3. The molecule has 4 aromatic rings. The Hall–Kier alpha value is -4.65. The number of amides is 3. The summed E-state index contributed by atoms with van der Waals surface area (Å²) >= 11 is 1.26. The Balaban J connectivity index is 1.11. The molecule has 0 radical (unpaired) electrons. The van der Waals surface area contributed by atoms with Gasteiger partial charge in [0.25, 0.3) is 0 Å². The molecule has 0 saturated carbocycles. The molecule has 0 unspecified atom stereocenters. The fraction of sp³-hybridized carbons (Fsp3) is 0.281. The van der Waals surface area contributed by atoms with Crippen LogP contribution in [0.2, 0.25) is 0 Å². The highest BCUT2D eigenvalue weighted by atomic mass is 32.2. The molecular weight excluding hydrogens is 605 g/mol. The minimum atomic E-state index is -4.75. The van der Waals surface area contributed by atoms with E-state index >= 15 is 0 Å². The van der Waals surface area contributed by atoms with Gasteiger partial charge in [0.15, 0.2) is 11.0 Å². The van der Waals surface area contributed by atoms with E-state index in [4.69, 9.17) is 0 Å². The van der Waals surface area contributed by atoms with E-state index in [-0.39, 0.29) is 17.4 Å². The minimum Gasteiger partial charge on any atom is -0.406 e. The largest absolute Gasteiger partial charge is 0.573 e. The summed E-state index contributed by atoms with van der Waals surface area (Å²) < 4.78 is 42.7. The van der Waals surface area contributed by atoms with Crippen LogP contribution in [0.15, 0.2) is 84.1 Å². The standard InChI is InChI=1S/C32H31F3N6O3S/c1-2-8-23-11-3-4-13-27(23)41-28(42)20-45-31(41)38-30(43)36-18-6-5-9-22-10-7-12-24(19-22)29-37-21-40(39-29)25-14-16-26(17-15-25)44-32(33,34)35/h3-4,7,10-17,19,21H,2,5-6,8-9,18,20H2,1H3,(H,36,43)/b38-31-. The zero-order valence-electron chi connectivity index (χ0n) is 24.5. The van der Waals surface area contributed by atoms with Crippen molar-refractivity contribution in [3.8, 4) is 22.8 Å². The highest BCUT2D eigenvalue weighted by molar-refractivity contribution is 8.15. The van der Waals surface area contributed by atoms with Crippen LogP contribution in [0.25, 0.3) is 17.1 Å². The van der Waals surface area contributed by atoms with Gasteiger partial charge in [-0.25, -0.2) is 14.5 Å². The average molecular weight is 637 g/mol. The third-order valence-corrected chi connectivity index (χ3v) is 7.82. The van der Waals surface area contributed by atoms with E-state index in [1.807, 2.05) is 48.5 Å². The Morgan fingerprint density at radius 2 is 1.84 bits per heavy atom. The second-order valence-electron chi connectivity index (χ2n) is 10.2. The lowest BCUT2D eigenvalue weighted by atomic mass is 10.0. The molecule has 0 bridgehead atoms. The van der Waals surface area contributed by atoms with Crippen molar-refractivity contribution in [3.63, 3.8) is 0 Å². The molecular formula is C32H31F3N6O3S. The number of carbonyl (C=O) groups excluding carboxylic acids is 2. The van der Waals surface area contributed by atoms with Crippen LogP contribution in [-0.2, 0) is 17.6 Å². The summed E-state index contributed by atoms with van der Waals surface area (Å²) in [4.78, 5) is 35.3. The van der Waals surface area contributed by atoms with Gasteiger partial charge in [0.1, 0.15) is 12.1 Å². The third-order valence-electron chi connectivity index (χ3n) is 6.89. The first-order valence-electron chi connectivity index (χ1n) is 14.5. The van der Waals surface area contributed by atoms with Gasteiger partial charge in [-0.05, 0) is 73.2 Å². The van der Waals surface area contributed by atoms with E-state index in [2.05, 4.69) is 32.1 Å². The fourth-order valence-electron chi connectivity index (χ4n) is 4.85. The molecule has 1 aliphatic rings. The Kier molecular flexibility index (Phi) is 10.2. The van der Waals surface area contributed by atoms with Gasteiger partial charge in [0.2, 0.25) is 5.91 Å². The number of urea groups is 1. The second kappa shape index (κ2) is 14.4. The normalized spacial score (nSPS) is 14.3. The van der Waals surface area contributed by atoms with Crippen molar-refractivity contribution in [2.75, 3.05) is 17.2 Å². The third kappa shape index (κ3) is 8.50. The van der Waals surface area contributed by atoms with Crippen LogP contribution in [0.1, 0.15) is 37.3 Å². The molecule has 13 heteroatoms. The molecule has 45 heavy (non-hydrogen) atoms. The van der Waals surface area contributed by atoms with Gasteiger partial charge < -0.3 is 10.1 Å². The number of ether oxygens (including phenoxy) is 1. The molecule has 1 N–H and O–H groups in total. The number of nitrogens with zero attached hydrogens (tertiary/aromatic N) is 5. The number of aromatic nitrogens is 3. The fourth-order valence-corrected chi connectivity index (χ4v) is 5.71. The number of hydrogen-bond acceptors (Lipinski definition) is 6. The monoisotopic (exact) mass is 636 g/mol.